The van der Waals surface area contributed by atoms with E-state index in [4.69, 9.17) is 0 Å². The average molecular weight is 989 g/mol. The van der Waals surface area contributed by atoms with Gasteiger partial charge in [-0.15, -0.1) is 0 Å². The summed E-state index contributed by atoms with van der Waals surface area (Å²) in [4.78, 5) is 5.32. The summed E-state index contributed by atoms with van der Waals surface area (Å²) in [7, 11) is 0. The van der Waals surface area contributed by atoms with Gasteiger partial charge in [0.05, 0.1) is 5.69 Å². The summed E-state index contributed by atoms with van der Waals surface area (Å²) < 4.78 is 0. The van der Waals surface area contributed by atoms with Gasteiger partial charge < -0.3 is 9.80 Å². The number of benzene rings is 9. The van der Waals surface area contributed by atoms with Gasteiger partial charge in [-0.1, -0.05) is 228 Å². The number of rotatable bonds is 8. The van der Waals surface area contributed by atoms with E-state index in [-0.39, 0.29) is 33.8 Å². The predicted octanol–water partition coefficient (Wildman–Crippen LogP) is 17.7. The van der Waals surface area contributed by atoms with Gasteiger partial charge in [0.15, 0.2) is 0 Å². The number of aryl methyl sites for hydroxylation is 1. The van der Waals surface area contributed by atoms with Crippen LogP contribution in [0, 0.1) is 6.92 Å². The lowest BCUT2D eigenvalue weighted by molar-refractivity contribution is 0.332. The molecule has 0 atom stereocenters. The first-order valence-electron chi connectivity index (χ1n) is 27.8. The molecular weight excluding hydrogens is 916 g/mol. The van der Waals surface area contributed by atoms with E-state index in [0.29, 0.717) is 0 Å². The summed E-state index contributed by atoms with van der Waals surface area (Å²) in [5.41, 5.74) is 26.5. The molecule has 0 N–H and O–H groups in total. The molecule has 0 unspecified atom stereocenters. The lowest BCUT2D eigenvalue weighted by atomic mass is 9.33. The molecule has 0 bridgehead atoms. The zero-order valence-electron chi connectivity index (χ0n) is 46.9. The third kappa shape index (κ3) is 8.16. The highest BCUT2D eigenvalue weighted by atomic mass is 15.2. The molecule has 0 aromatic heterocycles. The molecule has 1 aliphatic carbocycles. The highest BCUT2D eigenvalue weighted by Crippen LogP contribution is 2.53. The Morgan fingerprint density at radius 1 is 0.382 bits per heavy atom. The van der Waals surface area contributed by atoms with Crippen LogP contribution < -0.4 is 26.2 Å². The Morgan fingerprint density at radius 2 is 0.882 bits per heavy atom. The molecule has 2 heterocycles. The molecule has 3 heteroatoms. The Morgan fingerprint density at radius 3 is 1.49 bits per heavy atom. The maximum atomic E-state index is 2.69. The van der Waals surface area contributed by atoms with Gasteiger partial charge in [0.25, 0.3) is 6.71 Å². The Labute approximate surface area is 454 Å². The first-order valence-corrected chi connectivity index (χ1v) is 27.8. The summed E-state index contributed by atoms with van der Waals surface area (Å²) >= 11 is 0. The van der Waals surface area contributed by atoms with Crippen LogP contribution in [-0.4, -0.2) is 6.71 Å². The highest BCUT2D eigenvalue weighted by molar-refractivity contribution is 7.00. The van der Waals surface area contributed by atoms with Gasteiger partial charge in [0.1, 0.15) is 0 Å². The largest absolute Gasteiger partial charge is 0.311 e. The van der Waals surface area contributed by atoms with Gasteiger partial charge in [0, 0.05) is 44.8 Å². The number of hydrogen-bond acceptors (Lipinski definition) is 2. The molecule has 0 amide bonds. The Hall–Kier alpha value is -7.36. The van der Waals surface area contributed by atoms with E-state index >= 15 is 0 Å². The SMILES string of the molecule is Cc1cc2c3c(c1)N(c1ccc(C(C)(C)C)cc1-c1ccc(-c4ccccc4)cc1)c1cc4c(cc1B3c1ccc(C(C)(C)c3ccccc3)cc1N2c1cccc(C(C)(C)c2ccccc2)c1)C(C)(C)CCC4(C)C. The smallest absolute Gasteiger partial charge is 0.252 e. The molecule has 9 aromatic carbocycles. The number of fused-ring (bicyclic) bond motifs is 5. The second-order valence-electron chi connectivity index (χ2n) is 25.8. The monoisotopic (exact) mass is 989 g/mol. The van der Waals surface area contributed by atoms with E-state index in [1.807, 2.05) is 0 Å². The number of hydrogen-bond donors (Lipinski definition) is 0. The Kier molecular flexibility index (Phi) is 11.6. The first-order chi connectivity index (χ1) is 36.2. The van der Waals surface area contributed by atoms with Gasteiger partial charge in [-0.25, -0.2) is 0 Å². The van der Waals surface area contributed by atoms with Crippen LogP contribution in [0.2, 0.25) is 0 Å². The second-order valence-corrected chi connectivity index (χ2v) is 25.8. The molecule has 0 fully saturated rings. The van der Waals surface area contributed by atoms with Gasteiger partial charge >= 0.3 is 0 Å². The summed E-state index contributed by atoms with van der Waals surface area (Å²) in [5.74, 6) is 0. The van der Waals surface area contributed by atoms with Crippen molar-refractivity contribution in [1.29, 1.82) is 0 Å². The maximum absolute atomic E-state index is 2.69. The van der Waals surface area contributed by atoms with Crippen LogP contribution >= 0.6 is 0 Å². The van der Waals surface area contributed by atoms with Crippen molar-refractivity contribution in [2.75, 3.05) is 9.80 Å². The summed E-state index contributed by atoms with van der Waals surface area (Å²) in [6.45, 7) is 28.7. The van der Waals surface area contributed by atoms with Crippen LogP contribution in [0.4, 0.5) is 34.1 Å². The van der Waals surface area contributed by atoms with E-state index < -0.39 is 0 Å². The quantitative estimate of drug-likeness (QED) is 0.140. The van der Waals surface area contributed by atoms with Gasteiger partial charge in [-0.3, -0.25) is 0 Å². The third-order valence-electron chi connectivity index (χ3n) is 18.1. The molecule has 12 rings (SSSR count). The predicted molar refractivity (Wildman–Crippen MR) is 327 cm³/mol. The van der Waals surface area contributed by atoms with Gasteiger partial charge in [-0.2, -0.15) is 0 Å². The number of nitrogens with zero attached hydrogens (tertiary/aromatic N) is 2. The molecular formula is C73H73BN2. The zero-order valence-corrected chi connectivity index (χ0v) is 46.9. The molecule has 0 radical (unpaired) electrons. The van der Waals surface area contributed by atoms with E-state index in [9.17, 15) is 0 Å². The van der Waals surface area contributed by atoms with Crippen LogP contribution in [0.25, 0.3) is 22.3 Å². The van der Waals surface area contributed by atoms with Crippen LogP contribution in [0.3, 0.4) is 0 Å². The van der Waals surface area contributed by atoms with E-state index in [1.54, 1.807) is 0 Å². The van der Waals surface area contributed by atoms with Crippen LogP contribution in [0.1, 0.15) is 134 Å². The molecule has 378 valence electrons. The van der Waals surface area contributed by atoms with Crippen molar-refractivity contribution in [3.05, 3.63) is 245 Å². The first kappa shape index (κ1) is 49.5. The van der Waals surface area contributed by atoms with Crippen molar-refractivity contribution in [3.63, 3.8) is 0 Å². The normalized spacial score (nSPS) is 15.4. The maximum Gasteiger partial charge on any atom is 0.252 e. The molecule has 76 heavy (non-hydrogen) atoms. The fraction of sp³-hybridized carbons (Fsp3) is 0.260. The Balaban J connectivity index is 1.16. The molecule has 9 aromatic rings. The molecule has 0 saturated carbocycles. The lowest BCUT2D eigenvalue weighted by Crippen LogP contribution is -2.62. The molecule has 0 saturated heterocycles. The fourth-order valence-electron chi connectivity index (χ4n) is 13.1. The highest BCUT2D eigenvalue weighted by Gasteiger charge is 2.47. The topological polar surface area (TPSA) is 6.48 Å². The zero-order chi connectivity index (χ0) is 53.1. The van der Waals surface area contributed by atoms with Gasteiger partial charge in [-0.05, 0) is 162 Å². The third-order valence-corrected chi connectivity index (χ3v) is 18.1. The minimum absolute atomic E-state index is 0.00746. The van der Waals surface area contributed by atoms with Crippen LogP contribution in [0.5, 0.6) is 0 Å². The van der Waals surface area contributed by atoms with Crippen LogP contribution in [-0.2, 0) is 27.1 Å². The van der Waals surface area contributed by atoms with E-state index in [0.717, 1.165) is 12.8 Å². The minimum atomic E-state index is -0.248. The molecule has 3 aliphatic rings. The second kappa shape index (κ2) is 17.9. The van der Waals surface area contributed by atoms with Crippen LogP contribution in [0.15, 0.2) is 200 Å². The summed E-state index contributed by atoms with van der Waals surface area (Å²) in [6.07, 6.45) is 2.29. The van der Waals surface area contributed by atoms with Crippen molar-refractivity contribution >= 4 is 57.2 Å². The summed E-state index contributed by atoms with van der Waals surface area (Å²) in [5, 5.41) is 0. The molecule has 2 nitrogen and oxygen atoms in total. The Bertz CT molecular complexity index is 3690. The van der Waals surface area contributed by atoms with Crippen molar-refractivity contribution in [2.24, 2.45) is 0 Å². The van der Waals surface area contributed by atoms with E-state index in [1.165, 1.54) is 117 Å². The number of anilines is 6. The fourth-order valence-corrected chi connectivity index (χ4v) is 13.1. The molecule has 2 aliphatic heterocycles. The van der Waals surface area contributed by atoms with Crippen molar-refractivity contribution in [1.82, 2.24) is 0 Å². The average Bonchev–Trinajstić information content (AvgIpc) is 3.62. The van der Waals surface area contributed by atoms with Crippen molar-refractivity contribution in [3.8, 4) is 22.3 Å². The van der Waals surface area contributed by atoms with Crippen molar-refractivity contribution in [2.45, 2.75) is 123 Å². The van der Waals surface area contributed by atoms with E-state index in [2.05, 4.69) is 293 Å². The summed E-state index contributed by atoms with van der Waals surface area (Å²) in [6, 6.07) is 76.7. The standard InChI is InChI=1S/C73H73BN2/c1-48-41-66-68-67(42-48)76(63-38-36-54(69(2,3)4)44-58(63)51-33-31-50(32-34-51)49-23-16-13-17-24-49)65-47-60-59(70(5,6)39-40-71(60,7)8)46-62(65)74(68)61-37-35-56(73(11,12)53-27-20-15-21-28-53)45-64(61)75(66)57-30-22-29-55(43-57)72(9,10)52-25-18-14-19-26-52/h13-38,41-47H,39-40H2,1-12H3. The van der Waals surface area contributed by atoms with Gasteiger partial charge in [0.2, 0.25) is 0 Å². The van der Waals surface area contributed by atoms with Crippen molar-refractivity contribution < 1.29 is 0 Å². The minimum Gasteiger partial charge on any atom is -0.311 e. The molecule has 0 spiro atoms. The lowest BCUT2D eigenvalue weighted by Gasteiger charge is -2.48.